The third kappa shape index (κ3) is 5.26. The number of carbonyl (C=O) groups is 4. The molecule has 0 aromatic heterocycles. The van der Waals surface area contributed by atoms with E-state index in [4.69, 9.17) is 28.5 Å². The van der Waals surface area contributed by atoms with Crippen LogP contribution in [-0.2, 0) is 67.1 Å². The van der Waals surface area contributed by atoms with Crippen LogP contribution in [0.25, 0.3) is 6.08 Å². The zero-order valence-corrected chi connectivity index (χ0v) is 27.2. The van der Waals surface area contributed by atoms with Crippen molar-refractivity contribution in [1.29, 1.82) is 0 Å². The van der Waals surface area contributed by atoms with Crippen molar-refractivity contribution in [3.8, 4) is 0 Å². The average Bonchev–Trinajstić information content (AvgIpc) is 3.80. The maximum absolute atomic E-state index is 14.0. The molecule has 5 fully saturated rings. The Kier molecular flexibility index (Phi) is 7.68. The number of fused-ring (bicyclic) bond motifs is 5. The second-order valence-electron chi connectivity index (χ2n) is 14.4. The number of nitrogens with one attached hydrogen (secondary N) is 1. The molecule has 258 valence electrons. The first-order chi connectivity index (χ1) is 23.5. The number of hydrogen-bond acceptors (Lipinski definition) is 12. The van der Waals surface area contributed by atoms with Gasteiger partial charge in [-0.05, 0) is 28.3 Å². The van der Waals surface area contributed by atoms with Gasteiger partial charge in [-0.1, -0.05) is 62.4 Å². The SMILES string of the molecule is CC1(C)COC(=O)C1OC(=O)C=Cc1cccc(CN2OC3C4OC5(Cc6ccccc6C5)OC4C4CC3(C(=O)NCCO)C2C(=O)O4)c1. The van der Waals surface area contributed by atoms with Crippen LogP contribution in [0.5, 0.6) is 0 Å². The lowest BCUT2D eigenvalue weighted by molar-refractivity contribution is -0.217. The summed E-state index contributed by atoms with van der Waals surface area (Å²) in [6, 6.07) is 14.2. The van der Waals surface area contributed by atoms with Crippen molar-refractivity contribution < 1.29 is 52.8 Å². The van der Waals surface area contributed by atoms with Crippen LogP contribution in [0.1, 0.15) is 42.5 Å². The number of esters is 3. The normalized spacial score (nSPS) is 33.3. The predicted octanol–water partition coefficient (Wildman–Crippen LogP) is 1.38. The van der Waals surface area contributed by atoms with Crippen LogP contribution in [0.3, 0.4) is 0 Å². The summed E-state index contributed by atoms with van der Waals surface area (Å²) in [6.07, 6.45) is 0.133. The zero-order valence-electron chi connectivity index (χ0n) is 27.2. The van der Waals surface area contributed by atoms with Gasteiger partial charge in [-0.2, -0.15) is 5.06 Å². The average molecular weight is 675 g/mol. The molecule has 13 nitrogen and oxygen atoms in total. The van der Waals surface area contributed by atoms with Gasteiger partial charge < -0.3 is 34.1 Å². The largest absolute Gasteiger partial charge is 0.462 e. The Morgan fingerprint density at radius 1 is 1.04 bits per heavy atom. The Morgan fingerprint density at radius 3 is 2.51 bits per heavy atom. The van der Waals surface area contributed by atoms with Crippen LogP contribution in [-0.4, -0.2) is 96.1 Å². The minimum absolute atomic E-state index is 0.0146. The summed E-state index contributed by atoms with van der Waals surface area (Å²) in [5, 5.41) is 13.8. The molecule has 6 aliphatic rings. The van der Waals surface area contributed by atoms with Gasteiger partial charge in [0.2, 0.25) is 12.0 Å². The molecule has 49 heavy (non-hydrogen) atoms. The molecule has 2 aliphatic carbocycles. The van der Waals surface area contributed by atoms with Crippen molar-refractivity contribution in [2.75, 3.05) is 19.8 Å². The fourth-order valence-electron chi connectivity index (χ4n) is 8.32. The fourth-order valence-corrected chi connectivity index (χ4v) is 8.32. The van der Waals surface area contributed by atoms with Crippen LogP contribution in [0, 0.1) is 10.8 Å². The number of benzene rings is 2. The van der Waals surface area contributed by atoms with Gasteiger partial charge in [0.25, 0.3) is 0 Å². The molecule has 13 heteroatoms. The molecular weight excluding hydrogens is 636 g/mol. The van der Waals surface area contributed by atoms with Crippen molar-refractivity contribution in [2.24, 2.45) is 10.8 Å². The molecule has 1 saturated carbocycles. The van der Waals surface area contributed by atoms with Crippen LogP contribution >= 0.6 is 0 Å². The molecule has 7 unspecified atom stereocenters. The smallest absolute Gasteiger partial charge is 0.348 e. The third-order valence-corrected chi connectivity index (χ3v) is 10.6. The van der Waals surface area contributed by atoms with Gasteiger partial charge in [0.1, 0.15) is 36.4 Å². The number of hydroxylamine groups is 2. The highest BCUT2D eigenvalue weighted by Crippen LogP contribution is 2.58. The summed E-state index contributed by atoms with van der Waals surface area (Å²) in [6.45, 7) is 3.61. The van der Waals surface area contributed by atoms with E-state index in [1.165, 1.54) is 11.1 Å². The maximum atomic E-state index is 14.0. The van der Waals surface area contributed by atoms with E-state index in [1.807, 2.05) is 36.4 Å². The van der Waals surface area contributed by atoms with E-state index in [1.54, 1.807) is 32.1 Å². The molecule has 1 amide bonds. The van der Waals surface area contributed by atoms with Crippen molar-refractivity contribution in [3.05, 3.63) is 76.9 Å². The summed E-state index contributed by atoms with van der Waals surface area (Å²) < 4.78 is 29.8. The number of aliphatic hydroxyl groups is 1. The molecule has 2 aromatic carbocycles. The number of aliphatic hydroxyl groups excluding tert-OH is 1. The Labute approximate surface area is 282 Å². The van der Waals surface area contributed by atoms with Crippen molar-refractivity contribution in [1.82, 2.24) is 10.4 Å². The molecule has 4 saturated heterocycles. The number of ether oxygens (including phenoxy) is 5. The van der Waals surface area contributed by atoms with Crippen LogP contribution in [0.15, 0.2) is 54.6 Å². The van der Waals surface area contributed by atoms with E-state index < -0.39 is 77.0 Å². The number of rotatable bonds is 8. The number of nitrogens with zero attached hydrogens (tertiary/aromatic N) is 1. The first-order valence-electron chi connectivity index (χ1n) is 16.6. The number of hydrogen-bond donors (Lipinski definition) is 2. The molecule has 2 N–H and O–H groups in total. The lowest BCUT2D eigenvalue weighted by atomic mass is 9.62. The summed E-state index contributed by atoms with van der Waals surface area (Å²) in [4.78, 5) is 59.1. The summed E-state index contributed by atoms with van der Waals surface area (Å²) in [7, 11) is 0. The lowest BCUT2D eigenvalue weighted by Gasteiger charge is -2.48. The number of amides is 1. The Morgan fingerprint density at radius 2 is 1.80 bits per heavy atom. The van der Waals surface area contributed by atoms with Gasteiger partial charge in [0.05, 0.1) is 13.2 Å². The minimum Gasteiger partial charge on any atom is -0.462 e. The Bertz CT molecular complexity index is 1720. The zero-order chi connectivity index (χ0) is 34.1. The van der Waals surface area contributed by atoms with E-state index in [2.05, 4.69) is 5.32 Å². The fraction of sp³-hybridized carbons (Fsp3) is 0.500. The monoisotopic (exact) mass is 674 g/mol. The molecular formula is C36H38N2O11. The van der Waals surface area contributed by atoms with Gasteiger partial charge in [0.15, 0.2) is 11.8 Å². The van der Waals surface area contributed by atoms with E-state index in [-0.39, 0.29) is 32.7 Å². The van der Waals surface area contributed by atoms with E-state index in [9.17, 15) is 24.3 Å². The molecule has 4 heterocycles. The molecule has 2 aromatic rings. The van der Waals surface area contributed by atoms with Crippen LogP contribution < -0.4 is 5.32 Å². The number of cyclic esters (lactones) is 1. The van der Waals surface area contributed by atoms with Crippen molar-refractivity contribution >= 4 is 29.9 Å². The van der Waals surface area contributed by atoms with E-state index in [0.717, 1.165) is 16.7 Å². The summed E-state index contributed by atoms with van der Waals surface area (Å²) >= 11 is 0. The topological polar surface area (TPSA) is 159 Å². The third-order valence-electron chi connectivity index (χ3n) is 10.6. The second-order valence-corrected chi connectivity index (χ2v) is 14.4. The van der Waals surface area contributed by atoms with Gasteiger partial charge in [0, 0.05) is 37.3 Å². The molecule has 1 spiro atoms. The Hall–Kier alpha value is -4.14. The number of carbonyl (C=O) groups excluding carboxylic acids is 4. The van der Waals surface area contributed by atoms with Gasteiger partial charge >= 0.3 is 17.9 Å². The molecule has 4 aliphatic heterocycles. The van der Waals surface area contributed by atoms with Crippen LogP contribution in [0.4, 0.5) is 0 Å². The first kappa shape index (κ1) is 32.1. The van der Waals surface area contributed by atoms with E-state index >= 15 is 0 Å². The van der Waals surface area contributed by atoms with Crippen molar-refractivity contribution in [2.45, 2.75) is 82.0 Å². The van der Waals surface area contributed by atoms with Crippen LogP contribution in [0.2, 0.25) is 0 Å². The van der Waals surface area contributed by atoms with Gasteiger partial charge in [-0.3, -0.25) is 14.4 Å². The highest BCUT2D eigenvalue weighted by atomic mass is 16.8. The quantitative estimate of drug-likeness (QED) is 0.236. The minimum atomic E-state index is -1.35. The van der Waals surface area contributed by atoms with Gasteiger partial charge in [-0.15, -0.1) is 0 Å². The van der Waals surface area contributed by atoms with Crippen molar-refractivity contribution in [3.63, 3.8) is 0 Å². The molecule has 0 radical (unpaired) electrons. The Balaban J connectivity index is 1.05. The molecule has 7 atom stereocenters. The summed E-state index contributed by atoms with van der Waals surface area (Å²) in [5.41, 5.74) is 1.66. The molecule has 8 rings (SSSR count). The highest BCUT2D eigenvalue weighted by Gasteiger charge is 2.76. The standard InChI is InChI=1S/C36H38N2O11/c1-34(2)19-44-32(42)30(34)46-25(40)11-10-20-6-5-7-21(14-20)18-38-28-31(41)45-24-17-36(28,33(43)37-12-13-39)29(49-38)27-26(24)47-35(48-27)15-22-8-3-4-9-23(22)16-35/h3-11,14,24,26-30,39H,12-13,15-19H2,1-2H3,(H,37,43). The lowest BCUT2D eigenvalue weighted by Crippen LogP contribution is -2.69. The highest BCUT2D eigenvalue weighted by molar-refractivity contribution is 5.93. The predicted molar refractivity (Wildman–Crippen MR) is 168 cm³/mol. The summed E-state index contributed by atoms with van der Waals surface area (Å²) in [5.74, 6) is -3.22. The first-order valence-corrected chi connectivity index (χ1v) is 16.6. The van der Waals surface area contributed by atoms with Gasteiger partial charge in [-0.25, -0.2) is 9.59 Å². The maximum Gasteiger partial charge on any atom is 0.348 e. The molecule has 2 bridgehead atoms. The van der Waals surface area contributed by atoms with E-state index in [0.29, 0.717) is 18.4 Å². The second kappa shape index (κ2) is 11.7.